The molecule has 3 rings (SSSR count). The van der Waals surface area contributed by atoms with E-state index in [4.69, 9.17) is 11.6 Å². The molecular weight excluding hydrogens is 390 g/mol. The first-order chi connectivity index (χ1) is 9.69. The van der Waals surface area contributed by atoms with Gasteiger partial charge in [-0.25, -0.2) is 9.37 Å². The van der Waals surface area contributed by atoms with E-state index in [0.29, 0.717) is 15.4 Å². The van der Waals surface area contributed by atoms with Crippen molar-refractivity contribution in [1.82, 2.24) is 9.55 Å². The van der Waals surface area contributed by atoms with Crippen LogP contribution in [0.5, 0.6) is 0 Å². The fraction of sp³-hybridized carbons (Fsp3) is 0.533. The highest BCUT2D eigenvalue weighted by Crippen LogP contribution is 2.29. The molecule has 0 amide bonds. The van der Waals surface area contributed by atoms with Crippen LogP contribution in [-0.4, -0.2) is 9.55 Å². The van der Waals surface area contributed by atoms with Crippen molar-refractivity contribution in [3.63, 3.8) is 0 Å². The molecule has 1 aromatic carbocycles. The third-order valence-electron chi connectivity index (χ3n) is 4.15. The number of hydrogen-bond acceptors (Lipinski definition) is 1. The number of hydrogen-bond donors (Lipinski definition) is 0. The second-order valence-electron chi connectivity index (χ2n) is 5.53. The highest BCUT2D eigenvalue weighted by Gasteiger charge is 2.18. The summed E-state index contributed by atoms with van der Waals surface area (Å²) < 4.78 is 16.6. The summed E-state index contributed by atoms with van der Waals surface area (Å²) in [6.07, 6.45) is 6.47. The lowest BCUT2D eigenvalue weighted by Crippen LogP contribution is -2.15. The maximum Gasteiger partial charge on any atom is 0.138 e. The van der Waals surface area contributed by atoms with Crippen molar-refractivity contribution >= 4 is 45.2 Å². The smallest absolute Gasteiger partial charge is 0.138 e. The van der Waals surface area contributed by atoms with E-state index < -0.39 is 0 Å². The molecule has 0 aliphatic heterocycles. The maximum absolute atomic E-state index is 13.8. The Kier molecular flexibility index (Phi) is 4.50. The van der Waals surface area contributed by atoms with Gasteiger partial charge in [0, 0.05) is 12.6 Å². The molecule has 1 aliphatic rings. The van der Waals surface area contributed by atoms with Gasteiger partial charge in [-0.05, 0) is 47.4 Å². The highest BCUT2D eigenvalue weighted by atomic mass is 127. The Hall–Kier alpha value is -0.360. The summed E-state index contributed by atoms with van der Waals surface area (Å²) in [7, 11) is 0. The molecular formula is C15H17ClFIN2. The first kappa shape index (κ1) is 14.6. The Morgan fingerprint density at radius 2 is 2.05 bits per heavy atom. The molecule has 0 atom stereocenters. The summed E-state index contributed by atoms with van der Waals surface area (Å²) in [5.41, 5.74) is 1.73. The van der Waals surface area contributed by atoms with Crippen LogP contribution in [0.4, 0.5) is 4.39 Å². The van der Waals surface area contributed by atoms with Crippen molar-refractivity contribution in [3.8, 4) is 0 Å². The molecule has 0 N–H and O–H groups in total. The average molecular weight is 407 g/mol. The van der Waals surface area contributed by atoms with Gasteiger partial charge in [0.25, 0.3) is 0 Å². The Morgan fingerprint density at radius 1 is 1.30 bits per heavy atom. The molecule has 1 aromatic heterocycles. The highest BCUT2D eigenvalue weighted by molar-refractivity contribution is 14.1. The number of alkyl halides is 1. The number of aromatic nitrogens is 2. The lowest BCUT2D eigenvalue weighted by molar-refractivity contribution is 0.320. The first-order valence-electron chi connectivity index (χ1n) is 7.09. The standard InChI is InChI=1S/C15H17ClFIN2/c16-8-15-19-13-7-12(18)11(17)6-14(13)20(15)9-10-4-2-1-3-5-10/h6-7,10H,1-5,8-9H2. The zero-order chi connectivity index (χ0) is 14.1. The lowest BCUT2D eigenvalue weighted by Gasteiger charge is -2.23. The van der Waals surface area contributed by atoms with Crippen LogP contribution < -0.4 is 0 Å². The second-order valence-corrected chi connectivity index (χ2v) is 6.96. The van der Waals surface area contributed by atoms with Gasteiger partial charge in [-0.3, -0.25) is 0 Å². The maximum atomic E-state index is 13.8. The molecule has 1 aliphatic carbocycles. The SMILES string of the molecule is Fc1cc2c(cc1I)nc(CCl)n2CC1CCCCC1. The minimum absolute atomic E-state index is 0.177. The number of fused-ring (bicyclic) bond motifs is 1. The molecule has 20 heavy (non-hydrogen) atoms. The van der Waals surface area contributed by atoms with Gasteiger partial charge in [-0.1, -0.05) is 19.3 Å². The fourth-order valence-electron chi connectivity index (χ4n) is 3.10. The summed E-state index contributed by atoms with van der Waals surface area (Å²) in [4.78, 5) is 4.56. The van der Waals surface area contributed by atoms with Gasteiger partial charge in [-0.2, -0.15) is 0 Å². The van der Waals surface area contributed by atoms with E-state index in [2.05, 4.69) is 9.55 Å². The molecule has 0 spiro atoms. The van der Waals surface area contributed by atoms with Gasteiger partial charge in [0.2, 0.25) is 0 Å². The van der Waals surface area contributed by atoms with E-state index in [-0.39, 0.29) is 5.82 Å². The second kappa shape index (κ2) is 6.18. The van der Waals surface area contributed by atoms with Crippen LogP contribution in [0.2, 0.25) is 0 Å². The summed E-state index contributed by atoms with van der Waals surface area (Å²) in [5.74, 6) is 1.72. The van der Waals surface area contributed by atoms with Crippen LogP contribution in [0.1, 0.15) is 37.9 Å². The van der Waals surface area contributed by atoms with Gasteiger partial charge in [0.05, 0.1) is 20.5 Å². The minimum Gasteiger partial charge on any atom is -0.327 e. The summed E-state index contributed by atoms with van der Waals surface area (Å²) in [6.45, 7) is 0.915. The molecule has 0 saturated heterocycles. The topological polar surface area (TPSA) is 17.8 Å². The van der Waals surface area contributed by atoms with Gasteiger partial charge < -0.3 is 4.57 Å². The van der Waals surface area contributed by atoms with Crippen molar-refractivity contribution in [1.29, 1.82) is 0 Å². The van der Waals surface area contributed by atoms with E-state index >= 15 is 0 Å². The van der Waals surface area contributed by atoms with Crippen LogP contribution in [0.25, 0.3) is 11.0 Å². The molecule has 1 heterocycles. The van der Waals surface area contributed by atoms with Crippen molar-refractivity contribution in [2.24, 2.45) is 5.92 Å². The number of imidazole rings is 1. The van der Waals surface area contributed by atoms with Crippen molar-refractivity contribution < 1.29 is 4.39 Å². The first-order valence-corrected chi connectivity index (χ1v) is 8.70. The Balaban J connectivity index is 2.00. The summed E-state index contributed by atoms with van der Waals surface area (Å²) in [5, 5.41) is 0. The molecule has 5 heteroatoms. The van der Waals surface area contributed by atoms with E-state index in [1.54, 1.807) is 12.1 Å². The largest absolute Gasteiger partial charge is 0.327 e. The number of nitrogens with zero attached hydrogens (tertiary/aromatic N) is 2. The Bertz CT molecular complexity index is 620. The summed E-state index contributed by atoms with van der Waals surface area (Å²) in [6, 6.07) is 3.40. The number of benzene rings is 1. The molecule has 2 aromatic rings. The van der Waals surface area contributed by atoms with Crippen molar-refractivity contribution in [2.75, 3.05) is 0 Å². The zero-order valence-corrected chi connectivity index (χ0v) is 14.1. The third kappa shape index (κ3) is 2.82. The van der Waals surface area contributed by atoms with Crippen LogP contribution >= 0.6 is 34.2 Å². The van der Waals surface area contributed by atoms with Gasteiger partial charge in [0.1, 0.15) is 11.6 Å². The molecule has 1 saturated carbocycles. The normalized spacial score (nSPS) is 16.9. The van der Waals surface area contributed by atoms with E-state index in [0.717, 1.165) is 23.4 Å². The molecule has 108 valence electrons. The van der Waals surface area contributed by atoms with E-state index in [9.17, 15) is 4.39 Å². The van der Waals surface area contributed by atoms with Gasteiger partial charge in [-0.15, -0.1) is 11.6 Å². The van der Waals surface area contributed by atoms with Crippen LogP contribution in [0.3, 0.4) is 0 Å². The molecule has 1 fully saturated rings. The number of halogens is 3. The zero-order valence-electron chi connectivity index (χ0n) is 11.2. The monoisotopic (exact) mass is 406 g/mol. The summed E-state index contributed by atoms with van der Waals surface area (Å²) >= 11 is 8.03. The minimum atomic E-state index is -0.177. The average Bonchev–Trinajstić information content (AvgIpc) is 2.78. The van der Waals surface area contributed by atoms with Crippen LogP contribution in [0.15, 0.2) is 12.1 Å². The Labute approximate surface area is 136 Å². The van der Waals surface area contributed by atoms with Crippen LogP contribution in [0, 0.1) is 15.3 Å². The molecule has 2 nitrogen and oxygen atoms in total. The molecule has 0 bridgehead atoms. The Morgan fingerprint density at radius 3 is 2.75 bits per heavy atom. The van der Waals surface area contributed by atoms with E-state index in [1.165, 1.54) is 32.1 Å². The number of rotatable bonds is 3. The van der Waals surface area contributed by atoms with Gasteiger partial charge >= 0.3 is 0 Å². The fourth-order valence-corrected chi connectivity index (χ4v) is 3.76. The van der Waals surface area contributed by atoms with E-state index in [1.807, 2.05) is 22.6 Å². The quantitative estimate of drug-likeness (QED) is 0.512. The molecule has 0 unspecified atom stereocenters. The molecule has 0 radical (unpaired) electrons. The lowest BCUT2D eigenvalue weighted by atomic mass is 9.89. The van der Waals surface area contributed by atoms with Crippen molar-refractivity contribution in [3.05, 3.63) is 27.3 Å². The van der Waals surface area contributed by atoms with Gasteiger partial charge in [0.15, 0.2) is 0 Å². The third-order valence-corrected chi connectivity index (χ3v) is 5.22. The predicted octanol–water partition coefficient (Wildman–Crippen LogP) is 5.10. The predicted molar refractivity (Wildman–Crippen MR) is 88.5 cm³/mol. The van der Waals surface area contributed by atoms with Crippen molar-refractivity contribution in [2.45, 2.75) is 44.5 Å². The van der Waals surface area contributed by atoms with Crippen LogP contribution in [-0.2, 0) is 12.4 Å².